The van der Waals surface area contributed by atoms with E-state index in [9.17, 15) is 0 Å². The van der Waals surface area contributed by atoms with Gasteiger partial charge in [0.05, 0.1) is 0 Å². The molecule has 0 N–H and O–H groups in total. The molecule has 0 aliphatic heterocycles. The Morgan fingerprint density at radius 2 is 0.760 bits per heavy atom. The summed E-state index contributed by atoms with van der Waals surface area (Å²) in [6, 6.07) is 0. The average Bonchev–Trinajstić information content (AvgIpc) is 2.41. The molecule has 0 amide bonds. The van der Waals surface area contributed by atoms with E-state index in [1.165, 1.54) is 0 Å². The van der Waals surface area contributed by atoms with Crippen molar-refractivity contribution in [2.75, 3.05) is 0 Å². The Hall–Kier alpha value is -0.160. The van der Waals surface area contributed by atoms with Crippen molar-refractivity contribution in [3.05, 3.63) is 0 Å². The van der Waals surface area contributed by atoms with Crippen LogP contribution in [0, 0.1) is 10.8 Å². The predicted octanol–water partition coefficient (Wildman–Crippen LogP) is 6.83. The van der Waals surface area contributed by atoms with Crippen LogP contribution in [0.3, 0.4) is 0 Å². The molecule has 0 heterocycles. The van der Waals surface area contributed by atoms with Crippen molar-refractivity contribution in [2.45, 2.75) is 126 Å². The van der Waals surface area contributed by atoms with Gasteiger partial charge in [0.25, 0.3) is 0 Å². The van der Waals surface area contributed by atoms with E-state index in [0.717, 1.165) is 12.8 Å². The summed E-state index contributed by atoms with van der Waals surface area (Å²) in [6.07, 6.45) is 3.25. The molecule has 152 valence electrons. The van der Waals surface area contributed by atoms with Gasteiger partial charge in [-0.3, -0.25) is 0 Å². The molecule has 0 fully saturated rings. The summed E-state index contributed by atoms with van der Waals surface area (Å²) in [5.74, 6) is -0.894. The lowest BCUT2D eigenvalue weighted by atomic mass is 9.79. The first-order chi connectivity index (χ1) is 11.0. The molecule has 0 unspecified atom stereocenters. The van der Waals surface area contributed by atoms with Crippen LogP contribution in [-0.2, 0) is 19.6 Å². The van der Waals surface area contributed by atoms with Crippen LogP contribution in [-0.4, -0.2) is 17.0 Å². The maximum Gasteiger partial charge on any atom is 0.234 e. The summed E-state index contributed by atoms with van der Waals surface area (Å²) in [5, 5.41) is 0. The summed E-state index contributed by atoms with van der Waals surface area (Å²) in [5.41, 5.74) is -1.04. The van der Waals surface area contributed by atoms with Crippen molar-refractivity contribution in [3.63, 3.8) is 0 Å². The molecule has 0 aromatic carbocycles. The largest absolute Gasteiger partial charge is 0.234 e. The fourth-order valence-corrected chi connectivity index (χ4v) is 1.68. The smallest absolute Gasteiger partial charge is 0.227 e. The molecule has 25 heavy (non-hydrogen) atoms. The van der Waals surface area contributed by atoms with E-state index in [1.807, 2.05) is 27.7 Å². The van der Waals surface area contributed by atoms with Gasteiger partial charge in [-0.05, 0) is 38.5 Å². The third-order valence-electron chi connectivity index (χ3n) is 5.68. The Balaban J connectivity index is 5.32. The van der Waals surface area contributed by atoms with Crippen molar-refractivity contribution >= 4 is 0 Å². The molecule has 0 radical (unpaired) electrons. The van der Waals surface area contributed by atoms with E-state index in [1.54, 1.807) is 0 Å². The minimum Gasteiger partial charge on any atom is -0.227 e. The number of hydrogen-bond acceptors (Lipinski definition) is 4. The summed E-state index contributed by atoms with van der Waals surface area (Å²) in [7, 11) is 0. The first-order valence-corrected chi connectivity index (χ1v) is 9.77. The quantitative estimate of drug-likeness (QED) is 0.243. The summed E-state index contributed by atoms with van der Waals surface area (Å²) in [6.45, 7) is 25.2. The molecule has 4 nitrogen and oxygen atoms in total. The van der Waals surface area contributed by atoms with E-state index in [0.29, 0.717) is 12.8 Å². The van der Waals surface area contributed by atoms with E-state index in [-0.39, 0.29) is 10.8 Å². The van der Waals surface area contributed by atoms with Crippen LogP contribution >= 0.6 is 0 Å². The molecule has 0 atom stereocenters. The summed E-state index contributed by atoms with van der Waals surface area (Å²) in [4.78, 5) is 23.7. The van der Waals surface area contributed by atoms with Crippen molar-refractivity contribution in [1.29, 1.82) is 0 Å². The second kappa shape index (κ2) is 8.69. The van der Waals surface area contributed by atoms with E-state index >= 15 is 0 Å². The fraction of sp³-hybridized carbons (Fsp3) is 1.00. The normalized spacial score (nSPS) is 14.9. The summed E-state index contributed by atoms with van der Waals surface area (Å²) < 4.78 is 0. The minimum atomic E-state index is -0.894. The van der Waals surface area contributed by atoms with Crippen LogP contribution in [0.2, 0.25) is 0 Å². The Bertz CT molecular complexity index is 348. The zero-order chi connectivity index (χ0) is 20.2. The standard InChI is InChI=1S/C21H44O4/c1-13-15-21(16-14-2,24-22-19(9,10)17(3,4)5)25-23-20(11,12)18(6,7)8/h13-16H2,1-12H3. The Morgan fingerprint density at radius 3 is 0.960 bits per heavy atom. The molecule has 0 aromatic rings. The molecule has 0 aliphatic rings. The topological polar surface area (TPSA) is 36.9 Å². The molecule has 0 bridgehead atoms. The molecule has 0 saturated carbocycles. The molecule has 0 aliphatic carbocycles. The maximum absolute atomic E-state index is 5.96. The third-order valence-corrected chi connectivity index (χ3v) is 5.68. The van der Waals surface area contributed by atoms with E-state index in [4.69, 9.17) is 19.6 Å². The Kier molecular flexibility index (Phi) is 8.63. The average molecular weight is 361 g/mol. The SMILES string of the molecule is CCCC(CCC)(OOC(C)(C)C(C)(C)C)OOC(C)(C)C(C)(C)C. The Morgan fingerprint density at radius 1 is 0.480 bits per heavy atom. The van der Waals surface area contributed by atoms with E-state index in [2.05, 4.69) is 55.4 Å². The van der Waals surface area contributed by atoms with Gasteiger partial charge in [0, 0.05) is 12.8 Å². The molecule has 0 rings (SSSR count). The van der Waals surface area contributed by atoms with Gasteiger partial charge < -0.3 is 0 Å². The van der Waals surface area contributed by atoms with Gasteiger partial charge in [-0.25, -0.2) is 9.78 Å². The van der Waals surface area contributed by atoms with Crippen molar-refractivity contribution in [3.8, 4) is 0 Å². The molecule has 4 heteroatoms. The lowest BCUT2D eigenvalue weighted by molar-refractivity contribution is -0.554. The van der Waals surface area contributed by atoms with Crippen molar-refractivity contribution < 1.29 is 19.6 Å². The molecule has 0 spiro atoms. The second-order valence-electron chi connectivity index (χ2n) is 10.3. The molecular weight excluding hydrogens is 316 g/mol. The van der Waals surface area contributed by atoms with Gasteiger partial charge in [0.1, 0.15) is 11.2 Å². The van der Waals surface area contributed by atoms with Gasteiger partial charge in [0.2, 0.25) is 5.79 Å². The van der Waals surface area contributed by atoms with Gasteiger partial charge in [-0.1, -0.05) is 68.2 Å². The van der Waals surface area contributed by atoms with Gasteiger partial charge in [-0.2, -0.15) is 9.78 Å². The first kappa shape index (κ1) is 24.8. The van der Waals surface area contributed by atoms with Gasteiger partial charge in [-0.15, -0.1) is 0 Å². The molecule has 0 saturated heterocycles. The molecular formula is C21H44O4. The summed E-state index contributed by atoms with van der Waals surface area (Å²) >= 11 is 0. The van der Waals surface area contributed by atoms with Crippen LogP contribution < -0.4 is 0 Å². The highest BCUT2D eigenvalue weighted by Gasteiger charge is 2.43. The zero-order valence-electron chi connectivity index (χ0n) is 19.0. The van der Waals surface area contributed by atoms with Crippen LogP contribution in [0.4, 0.5) is 0 Å². The number of hydrogen-bond donors (Lipinski definition) is 0. The van der Waals surface area contributed by atoms with Gasteiger partial charge in [0.15, 0.2) is 0 Å². The highest BCUT2D eigenvalue weighted by molar-refractivity contribution is 4.84. The van der Waals surface area contributed by atoms with Crippen LogP contribution in [0.5, 0.6) is 0 Å². The highest BCUT2D eigenvalue weighted by Crippen LogP contribution is 2.39. The monoisotopic (exact) mass is 360 g/mol. The van der Waals surface area contributed by atoms with Crippen molar-refractivity contribution in [2.24, 2.45) is 10.8 Å². The van der Waals surface area contributed by atoms with Gasteiger partial charge >= 0.3 is 0 Å². The lowest BCUT2D eigenvalue weighted by Crippen LogP contribution is -2.47. The fourth-order valence-electron chi connectivity index (χ4n) is 1.68. The van der Waals surface area contributed by atoms with Crippen LogP contribution in [0.15, 0.2) is 0 Å². The first-order valence-electron chi connectivity index (χ1n) is 9.77. The maximum atomic E-state index is 5.96. The highest BCUT2D eigenvalue weighted by atomic mass is 17.3. The van der Waals surface area contributed by atoms with Crippen LogP contribution in [0.1, 0.15) is 109 Å². The third kappa shape index (κ3) is 7.16. The zero-order valence-corrected chi connectivity index (χ0v) is 19.0. The predicted molar refractivity (Wildman–Crippen MR) is 104 cm³/mol. The van der Waals surface area contributed by atoms with Crippen molar-refractivity contribution in [1.82, 2.24) is 0 Å². The van der Waals surface area contributed by atoms with E-state index < -0.39 is 17.0 Å². The second-order valence-corrected chi connectivity index (χ2v) is 10.3. The molecule has 0 aromatic heterocycles. The minimum absolute atomic E-state index is 0.0668. The lowest BCUT2D eigenvalue weighted by Gasteiger charge is -2.43. The van der Waals surface area contributed by atoms with Crippen LogP contribution in [0.25, 0.3) is 0 Å². The Labute approximate surface area is 156 Å². The number of rotatable bonds is 10.